The minimum atomic E-state index is 0.341. The van der Waals surface area contributed by atoms with E-state index in [-0.39, 0.29) is 0 Å². The summed E-state index contributed by atoms with van der Waals surface area (Å²) in [4.78, 5) is 13.3. The summed E-state index contributed by atoms with van der Waals surface area (Å²) in [5.74, 6) is 0.341. The van der Waals surface area contributed by atoms with Crippen molar-refractivity contribution in [3.63, 3.8) is 0 Å². The van der Waals surface area contributed by atoms with Crippen molar-refractivity contribution in [1.82, 2.24) is 10.2 Å². The van der Waals surface area contributed by atoms with Gasteiger partial charge in [0.05, 0.1) is 6.17 Å². The van der Waals surface area contributed by atoms with Crippen LogP contribution in [0, 0.1) is 0 Å². The highest BCUT2D eigenvalue weighted by Gasteiger charge is 2.29. The Kier molecular flexibility index (Phi) is 1.82. The van der Waals surface area contributed by atoms with Gasteiger partial charge in [0.15, 0.2) is 0 Å². The average molecular weight is 154 g/mol. The van der Waals surface area contributed by atoms with Crippen LogP contribution in [0.3, 0.4) is 0 Å². The molecule has 3 nitrogen and oxygen atoms in total. The SMILES string of the molecule is O=C1CCCC2NCCCN12. The fraction of sp³-hybridized carbons (Fsp3) is 0.875. The smallest absolute Gasteiger partial charge is 0.223 e. The van der Waals surface area contributed by atoms with Crippen LogP contribution in [0.1, 0.15) is 25.7 Å². The summed E-state index contributed by atoms with van der Waals surface area (Å²) < 4.78 is 0. The van der Waals surface area contributed by atoms with Crippen molar-refractivity contribution in [3.05, 3.63) is 0 Å². The fourth-order valence-corrected chi connectivity index (χ4v) is 1.93. The van der Waals surface area contributed by atoms with Gasteiger partial charge in [-0.2, -0.15) is 0 Å². The van der Waals surface area contributed by atoms with Gasteiger partial charge < -0.3 is 4.90 Å². The minimum Gasteiger partial charge on any atom is -0.327 e. The molecule has 2 fully saturated rings. The number of nitrogens with one attached hydrogen (secondary N) is 1. The first-order chi connectivity index (χ1) is 5.38. The van der Waals surface area contributed by atoms with E-state index in [1.165, 1.54) is 0 Å². The molecule has 2 rings (SSSR count). The number of amides is 1. The van der Waals surface area contributed by atoms with E-state index in [1.54, 1.807) is 0 Å². The molecule has 1 N–H and O–H groups in total. The van der Waals surface area contributed by atoms with E-state index in [1.807, 2.05) is 4.90 Å². The Morgan fingerprint density at radius 3 is 3.18 bits per heavy atom. The van der Waals surface area contributed by atoms with E-state index in [9.17, 15) is 4.79 Å². The van der Waals surface area contributed by atoms with Crippen molar-refractivity contribution in [1.29, 1.82) is 0 Å². The summed E-state index contributed by atoms with van der Waals surface area (Å²) >= 11 is 0. The van der Waals surface area contributed by atoms with Gasteiger partial charge in [-0.3, -0.25) is 10.1 Å². The highest BCUT2D eigenvalue weighted by Crippen LogP contribution is 2.18. The topological polar surface area (TPSA) is 32.3 Å². The monoisotopic (exact) mass is 154 g/mol. The molecule has 0 saturated carbocycles. The quantitative estimate of drug-likeness (QED) is 0.545. The van der Waals surface area contributed by atoms with E-state index < -0.39 is 0 Å². The zero-order valence-electron chi connectivity index (χ0n) is 6.68. The predicted octanol–water partition coefficient (Wildman–Crippen LogP) is 0.318. The van der Waals surface area contributed by atoms with E-state index in [4.69, 9.17) is 0 Å². The largest absolute Gasteiger partial charge is 0.327 e. The van der Waals surface area contributed by atoms with Crippen LogP contribution in [0.2, 0.25) is 0 Å². The van der Waals surface area contributed by atoms with Gasteiger partial charge in [0.2, 0.25) is 5.91 Å². The van der Waals surface area contributed by atoms with Gasteiger partial charge in [-0.1, -0.05) is 0 Å². The molecule has 1 unspecified atom stereocenters. The lowest BCUT2D eigenvalue weighted by Gasteiger charge is -2.39. The highest BCUT2D eigenvalue weighted by molar-refractivity contribution is 5.77. The van der Waals surface area contributed by atoms with Crippen molar-refractivity contribution in [3.8, 4) is 0 Å². The Labute approximate surface area is 66.8 Å². The lowest BCUT2D eigenvalue weighted by molar-refractivity contribution is -0.138. The van der Waals surface area contributed by atoms with E-state index in [2.05, 4.69) is 5.32 Å². The molecule has 2 heterocycles. The van der Waals surface area contributed by atoms with Crippen LogP contribution in [-0.2, 0) is 4.79 Å². The maximum Gasteiger partial charge on any atom is 0.223 e. The van der Waals surface area contributed by atoms with Crippen LogP contribution in [0.15, 0.2) is 0 Å². The van der Waals surface area contributed by atoms with Crippen molar-refractivity contribution < 1.29 is 4.79 Å². The summed E-state index contributed by atoms with van der Waals surface area (Å²) in [6.45, 7) is 2.05. The first-order valence-corrected chi connectivity index (χ1v) is 4.41. The maximum absolute atomic E-state index is 11.3. The molecule has 0 aromatic carbocycles. The predicted molar refractivity (Wildman–Crippen MR) is 42.0 cm³/mol. The molecule has 3 heteroatoms. The summed E-state index contributed by atoms with van der Waals surface area (Å²) in [7, 11) is 0. The zero-order valence-corrected chi connectivity index (χ0v) is 6.68. The minimum absolute atomic E-state index is 0.341. The van der Waals surface area contributed by atoms with E-state index in [0.717, 1.165) is 38.8 Å². The van der Waals surface area contributed by atoms with E-state index >= 15 is 0 Å². The maximum atomic E-state index is 11.3. The molecule has 2 aliphatic rings. The third kappa shape index (κ3) is 1.25. The second-order valence-corrected chi connectivity index (χ2v) is 3.30. The molecular formula is C8H14N2O. The molecule has 0 radical (unpaired) electrons. The Morgan fingerprint density at radius 2 is 2.36 bits per heavy atom. The van der Waals surface area contributed by atoms with Crippen molar-refractivity contribution in [2.24, 2.45) is 0 Å². The molecule has 0 aliphatic carbocycles. The van der Waals surface area contributed by atoms with E-state index in [0.29, 0.717) is 12.1 Å². The Bertz CT molecular complexity index is 167. The molecule has 0 aromatic rings. The molecular weight excluding hydrogens is 140 g/mol. The summed E-state index contributed by atoms with van der Waals surface area (Å²) in [6, 6.07) is 0. The van der Waals surface area contributed by atoms with Crippen molar-refractivity contribution >= 4 is 5.91 Å². The normalized spacial score (nSPS) is 31.8. The molecule has 0 aromatic heterocycles. The van der Waals surface area contributed by atoms with Crippen molar-refractivity contribution in [2.45, 2.75) is 31.8 Å². The van der Waals surface area contributed by atoms with Crippen molar-refractivity contribution in [2.75, 3.05) is 13.1 Å². The highest BCUT2D eigenvalue weighted by atomic mass is 16.2. The molecule has 1 atom stereocenters. The second-order valence-electron chi connectivity index (χ2n) is 3.30. The number of carbonyl (C=O) groups excluding carboxylic acids is 1. The number of fused-ring (bicyclic) bond motifs is 1. The van der Waals surface area contributed by atoms with Gasteiger partial charge in [-0.15, -0.1) is 0 Å². The van der Waals surface area contributed by atoms with Gasteiger partial charge >= 0.3 is 0 Å². The first kappa shape index (κ1) is 7.10. The van der Waals surface area contributed by atoms with Gasteiger partial charge in [0.25, 0.3) is 0 Å². The van der Waals surface area contributed by atoms with Gasteiger partial charge in [-0.05, 0) is 25.8 Å². The lowest BCUT2D eigenvalue weighted by Crippen LogP contribution is -2.55. The lowest BCUT2D eigenvalue weighted by atomic mass is 10.0. The molecule has 1 amide bonds. The Hall–Kier alpha value is -0.570. The first-order valence-electron chi connectivity index (χ1n) is 4.41. The zero-order chi connectivity index (χ0) is 7.68. The summed E-state index contributed by atoms with van der Waals surface area (Å²) in [6.07, 6.45) is 4.45. The molecule has 2 saturated heterocycles. The van der Waals surface area contributed by atoms with Crippen LogP contribution in [-0.4, -0.2) is 30.1 Å². The van der Waals surface area contributed by atoms with Gasteiger partial charge in [0.1, 0.15) is 0 Å². The third-order valence-electron chi connectivity index (χ3n) is 2.52. The fourth-order valence-electron chi connectivity index (χ4n) is 1.93. The number of nitrogens with zero attached hydrogens (tertiary/aromatic N) is 1. The van der Waals surface area contributed by atoms with Gasteiger partial charge in [-0.25, -0.2) is 0 Å². The number of hydrogen-bond donors (Lipinski definition) is 1. The third-order valence-corrected chi connectivity index (χ3v) is 2.52. The molecule has 11 heavy (non-hydrogen) atoms. The average Bonchev–Trinajstić information content (AvgIpc) is 2.06. The number of piperidine rings is 1. The van der Waals surface area contributed by atoms with Crippen LogP contribution in [0.4, 0.5) is 0 Å². The second kappa shape index (κ2) is 2.81. The van der Waals surface area contributed by atoms with Crippen LogP contribution < -0.4 is 5.32 Å². The van der Waals surface area contributed by atoms with Crippen LogP contribution in [0.5, 0.6) is 0 Å². The van der Waals surface area contributed by atoms with Crippen LogP contribution >= 0.6 is 0 Å². The molecule has 62 valence electrons. The number of hydrogen-bond acceptors (Lipinski definition) is 2. The Morgan fingerprint density at radius 1 is 1.45 bits per heavy atom. The molecule has 2 aliphatic heterocycles. The molecule has 0 bridgehead atoms. The summed E-state index contributed by atoms with van der Waals surface area (Å²) in [5.41, 5.74) is 0. The van der Waals surface area contributed by atoms with Crippen LogP contribution in [0.25, 0.3) is 0 Å². The van der Waals surface area contributed by atoms with Gasteiger partial charge in [0, 0.05) is 13.0 Å². The summed E-state index contributed by atoms with van der Waals surface area (Å²) in [5, 5.41) is 3.36. The number of carbonyl (C=O) groups is 1. The Balaban J connectivity index is 2.05. The standard InChI is InChI=1S/C8H14N2O/c11-8-4-1-3-7-9-5-2-6-10(7)8/h7,9H,1-6H2. The number of rotatable bonds is 0. The molecule has 0 spiro atoms.